The Labute approximate surface area is 132 Å². The van der Waals surface area contributed by atoms with E-state index in [1.165, 1.54) is 0 Å². The lowest BCUT2D eigenvalue weighted by Gasteiger charge is -2.15. The van der Waals surface area contributed by atoms with Crippen LogP contribution in [0.3, 0.4) is 0 Å². The SMILES string of the molecule is CCc1cccc(CC)c1NS(=O)(=O)c1c(C)nn(C)c1C. The molecule has 5 nitrogen and oxygen atoms in total. The van der Waals surface area contributed by atoms with E-state index in [1.807, 2.05) is 32.0 Å². The monoisotopic (exact) mass is 321 g/mol. The molecule has 0 atom stereocenters. The molecular formula is C16H23N3O2S. The summed E-state index contributed by atoms with van der Waals surface area (Å²) in [4.78, 5) is 0.267. The molecule has 120 valence electrons. The van der Waals surface area contributed by atoms with E-state index in [1.54, 1.807) is 25.6 Å². The highest BCUT2D eigenvalue weighted by atomic mass is 32.2. The van der Waals surface area contributed by atoms with Crippen molar-refractivity contribution in [2.24, 2.45) is 7.05 Å². The van der Waals surface area contributed by atoms with Crippen LogP contribution >= 0.6 is 0 Å². The fraction of sp³-hybridized carbons (Fsp3) is 0.438. The molecule has 0 bridgehead atoms. The summed E-state index contributed by atoms with van der Waals surface area (Å²) in [6.07, 6.45) is 1.55. The first-order chi connectivity index (χ1) is 10.3. The largest absolute Gasteiger partial charge is 0.279 e. The molecule has 0 aliphatic rings. The molecule has 2 rings (SSSR count). The van der Waals surface area contributed by atoms with Gasteiger partial charge < -0.3 is 0 Å². The van der Waals surface area contributed by atoms with Crippen molar-refractivity contribution >= 4 is 15.7 Å². The Hall–Kier alpha value is -1.82. The van der Waals surface area contributed by atoms with Crippen LogP contribution in [-0.4, -0.2) is 18.2 Å². The summed E-state index contributed by atoms with van der Waals surface area (Å²) in [5.41, 5.74) is 3.86. The Kier molecular flexibility index (Phi) is 4.60. The van der Waals surface area contributed by atoms with E-state index in [0.29, 0.717) is 17.1 Å². The highest BCUT2D eigenvalue weighted by molar-refractivity contribution is 7.92. The predicted octanol–water partition coefficient (Wildman–Crippen LogP) is 2.96. The second-order valence-corrected chi connectivity index (χ2v) is 7.01. The normalized spacial score (nSPS) is 11.7. The predicted molar refractivity (Wildman–Crippen MR) is 88.7 cm³/mol. The standard InChI is InChI=1S/C16H23N3O2S/c1-6-13-9-8-10-14(7-2)15(13)18-22(20,21)16-11(3)17-19(5)12(16)4/h8-10,18H,6-7H2,1-5H3. The van der Waals surface area contributed by atoms with Crippen molar-refractivity contribution < 1.29 is 8.42 Å². The fourth-order valence-electron chi connectivity index (χ4n) is 2.70. The molecule has 0 radical (unpaired) electrons. The van der Waals surface area contributed by atoms with E-state index >= 15 is 0 Å². The smallest absolute Gasteiger partial charge is 0.265 e. The molecule has 6 heteroatoms. The number of aromatic nitrogens is 2. The lowest BCUT2D eigenvalue weighted by Crippen LogP contribution is -2.17. The summed E-state index contributed by atoms with van der Waals surface area (Å²) in [6.45, 7) is 7.52. The van der Waals surface area contributed by atoms with E-state index in [4.69, 9.17) is 0 Å². The molecular weight excluding hydrogens is 298 g/mol. The van der Waals surface area contributed by atoms with E-state index < -0.39 is 10.0 Å². The molecule has 22 heavy (non-hydrogen) atoms. The molecule has 1 N–H and O–H groups in total. The van der Waals surface area contributed by atoms with Crippen molar-refractivity contribution in [3.63, 3.8) is 0 Å². The van der Waals surface area contributed by atoms with Crippen molar-refractivity contribution in [3.8, 4) is 0 Å². The number of aryl methyl sites for hydroxylation is 4. The quantitative estimate of drug-likeness (QED) is 0.921. The maximum Gasteiger partial charge on any atom is 0.265 e. The zero-order chi connectivity index (χ0) is 16.5. The Morgan fingerprint density at radius 1 is 1.14 bits per heavy atom. The van der Waals surface area contributed by atoms with Gasteiger partial charge in [0.05, 0.1) is 17.1 Å². The highest BCUT2D eigenvalue weighted by Gasteiger charge is 2.25. The van der Waals surface area contributed by atoms with Crippen LogP contribution in [-0.2, 0) is 29.9 Å². The van der Waals surface area contributed by atoms with E-state index in [0.717, 1.165) is 24.0 Å². The molecule has 1 aromatic heterocycles. The number of nitrogens with one attached hydrogen (secondary N) is 1. The average Bonchev–Trinajstić information content (AvgIpc) is 2.72. The summed E-state index contributed by atoms with van der Waals surface area (Å²) in [7, 11) is -1.90. The van der Waals surface area contributed by atoms with Gasteiger partial charge in [-0.1, -0.05) is 32.0 Å². The molecule has 0 unspecified atom stereocenters. The molecule has 1 heterocycles. The maximum atomic E-state index is 12.8. The van der Waals surface area contributed by atoms with Crippen LogP contribution in [0.5, 0.6) is 0 Å². The van der Waals surface area contributed by atoms with Crippen LogP contribution in [0.25, 0.3) is 0 Å². The number of para-hydroxylation sites is 1. The van der Waals surface area contributed by atoms with Crippen molar-refractivity contribution in [2.45, 2.75) is 45.4 Å². The minimum absolute atomic E-state index is 0.267. The first-order valence-corrected chi connectivity index (χ1v) is 8.93. The molecule has 0 fully saturated rings. The first kappa shape index (κ1) is 16.5. The van der Waals surface area contributed by atoms with Crippen molar-refractivity contribution in [2.75, 3.05) is 4.72 Å². The molecule has 0 spiro atoms. The molecule has 2 aromatic rings. The Balaban J connectivity index is 2.54. The van der Waals surface area contributed by atoms with Gasteiger partial charge in [-0.05, 0) is 37.8 Å². The number of rotatable bonds is 5. The number of nitrogens with zero attached hydrogens (tertiary/aromatic N) is 2. The topological polar surface area (TPSA) is 64.0 Å². The summed E-state index contributed by atoms with van der Waals surface area (Å²) in [5, 5.41) is 4.20. The molecule has 0 amide bonds. The summed E-state index contributed by atoms with van der Waals surface area (Å²) in [5.74, 6) is 0. The maximum absolute atomic E-state index is 12.8. The minimum atomic E-state index is -3.65. The molecule has 0 saturated heterocycles. The number of benzene rings is 1. The van der Waals surface area contributed by atoms with E-state index in [2.05, 4.69) is 9.82 Å². The van der Waals surface area contributed by atoms with Gasteiger partial charge in [0.1, 0.15) is 4.90 Å². The van der Waals surface area contributed by atoms with Crippen LogP contribution in [0.1, 0.15) is 36.4 Å². The Morgan fingerprint density at radius 3 is 2.09 bits per heavy atom. The van der Waals surface area contributed by atoms with E-state index in [9.17, 15) is 8.42 Å². The van der Waals surface area contributed by atoms with Gasteiger partial charge in [0.25, 0.3) is 10.0 Å². The molecule has 1 aromatic carbocycles. The highest BCUT2D eigenvalue weighted by Crippen LogP contribution is 2.27. The van der Waals surface area contributed by atoms with Crippen LogP contribution in [0.2, 0.25) is 0 Å². The van der Waals surface area contributed by atoms with Crippen molar-refractivity contribution in [1.29, 1.82) is 0 Å². The summed E-state index contributed by atoms with van der Waals surface area (Å²) < 4.78 is 30.0. The van der Waals surface area contributed by atoms with Crippen LogP contribution in [0.4, 0.5) is 5.69 Å². The van der Waals surface area contributed by atoms with Crippen molar-refractivity contribution in [3.05, 3.63) is 40.7 Å². The number of hydrogen-bond donors (Lipinski definition) is 1. The first-order valence-electron chi connectivity index (χ1n) is 7.45. The molecule has 0 aliphatic carbocycles. The van der Waals surface area contributed by atoms with Gasteiger partial charge >= 0.3 is 0 Å². The lowest BCUT2D eigenvalue weighted by atomic mass is 10.0. The number of anilines is 1. The zero-order valence-electron chi connectivity index (χ0n) is 13.8. The van der Waals surface area contributed by atoms with Crippen LogP contribution in [0, 0.1) is 13.8 Å². The number of sulfonamides is 1. The van der Waals surface area contributed by atoms with Crippen LogP contribution < -0.4 is 4.72 Å². The third kappa shape index (κ3) is 2.88. The van der Waals surface area contributed by atoms with Crippen molar-refractivity contribution in [1.82, 2.24) is 9.78 Å². The Bertz CT molecular complexity index is 770. The third-order valence-corrected chi connectivity index (χ3v) is 5.55. The van der Waals surface area contributed by atoms with Gasteiger partial charge in [-0.15, -0.1) is 0 Å². The molecule has 0 aliphatic heterocycles. The van der Waals surface area contributed by atoms with E-state index in [-0.39, 0.29) is 4.90 Å². The summed E-state index contributed by atoms with van der Waals surface area (Å²) in [6, 6.07) is 5.88. The zero-order valence-corrected chi connectivity index (χ0v) is 14.6. The third-order valence-electron chi connectivity index (χ3n) is 3.95. The fourth-order valence-corrected chi connectivity index (χ4v) is 4.29. The molecule has 0 saturated carbocycles. The van der Waals surface area contributed by atoms with Gasteiger partial charge in [-0.2, -0.15) is 5.10 Å². The van der Waals surface area contributed by atoms with Gasteiger partial charge in [0, 0.05) is 7.05 Å². The van der Waals surface area contributed by atoms with Gasteiger partial charge in [-0.25, -0.2) is 8.42 Å². The second-order valence-electron chi connectivity index (χ2n) is 5.39. The Morgan fingerprint density at radius 2 is 1.68 bits per heavy atom. The van der Waals surface area contributed by atoms with Crippen LogP contribution in [0.15, 0.2) is 23.1 Å². The second kappa shape index (κ2) is 6.12. The van der Waals surface area contributed by atoms with Gasteiger partial charge in [-0.3, -0.25) is 9.40 Å². The lowest BCUT2D eigenvalue weighted by molar-refractivity contribution is 0.599. The summed E-state index contributed by atoms with van der Waals surface area (Å²) >= 11 is 0. The average molecular weight is 321 g/mol. The number of hydrogen-bond acceptors (Lipinski definition) is 3. The van der Waals surface area contributed by atoms with Gasteiger partial charge in [0.2, 0.25) is 0 Å². The minimum Gasteiger partial charge on any atom is -0.279 e. The van der Waals surface area contributed by atoms with Gasteiger partial charge in [0.15, 0.2) is 0 Å².